The van der Waals surface area contributed by atoms with E-state index in [9.17, 15) is 24.9 Å². The predicted molar refractivity (Wildman–Crippen MR) is 99.8 cm³/mol. The van der Waals surface area contributed by atoms with E-state index >= 15 is 0 Å². The Bertz CT molecular complexity index is 945. The van der Waals surface area contributed by atoms with Crippen LogP contribution in [0.3, 0.4) is 0 Å². The van der Waals surface area contributed by atoms with Gasteiger partial charge in [0.2, 0.25) is 0 Å². The fraction of sp³-hybridized carbons (Fsp3) is 0.300. The number of nitrogens with zero attached hydrogens (tertiary/aromatic N) is 2. The van der Waals surface area contributed by atoms with Crippen molar-refractivity contribution in [2.45, 2.75) is 31.3 Å². The van der Waals surface area contributed by atoms with Crippen molar-refractivity contribution in [3.05, 3.63) is 64.5 Å². The summed E-state index contributed by atoms with van der Waals surface area (Å²) in [5.74, 6) is -1.72. The molecule has 4 unspecified atom stereocenters. The molecule has 1 aromatic carbocycles. The second-order valence-electron chi connectivity index (χ2n) is 6.49. The summed E-state index contributed by atoms with van der Waals surface area (Å²) >= 11 is 0. The summed E-state index contributed by atoms with van der Waals surface area (Å²) in [5.41, 5.74) is 0.537. The number of fused-ring (bicyclic) bond motifs is 1. The molecule has 3 N–H and O–H groups in total. The van der Waals surface area contributed by atoms with Crippen molar-refractivity contribution in [2.75, 3.05) is 7.11 Å². The normalized spacial score (nSPS) is 20.7. The Morgan fingerprint density at radius 3 is 2.59 bits per heavy atom. The van der Waals surface area contributed by atoms with Crippen LogP contribution < -0.4 is 0 Å². The monoisotopic (exact) mass is 400 g/mol. The molecule has 0 saturated heterocycles. The predicted octanol–water partition coefficient (Wildman–Crippen LogP) is 0.579. The average molecular weight is 400 g/mol. The molecule has 9 nitrogen and oxygen atoms in total. The number of carbonyl (C=O) groups excluding carboxylic acids is 2. The number of aromatic nitrogens is 2. The smallest absolute Gasteiger partial charge is 0.359 e. The van der Waals surface area contributed by atoms with E-state index in [1.54, 1.807) is 18.2 Å². The number of carbonyl (C=O) groups is 2. The number of aliphatic hydroxyl groups is 3. The summed E-state index contributed by atoms with van der Waals surface area (Å²) in [5, 5.41) is 38.8. The molecule has 3 rings (SSSR count). The van der Waals surface area contributed by atoms with Crippen molar-refractivity contribution in [3.8, 4) is 0 Å². The van der Waals surface area contributed by atoms with Crippen LogP contribution >= 0.6 is 0 Å². The van der Waals surface area contributed by atoms with Gasteiger partial charge in [0.05, 0.1) is 7.11 Å². The van der Waals surface area contributed by atoms with Crippen molar-refractivity contribution in [1.29, 1.82) is 0 Å². The Balaban J connectivity index is 1.88. The van der Waals surface area contributed by atoms with Crippen LogP contribution in [0.1, 0.15) is 43.8 Å². The second kappa shape index (κ2) is 8.48. The Morgan fingerprint density at radius 1 is 1.24 bits per heavy atom. The highest BCUT2D eigenvalue weighted by molar-refractivity contribution is 5.94. The van der Waals surface area contributed by atoms with Crippen molar-refractivity contribution >= 4 is 18.0 Å². The minimum atomic E-state index is -1.63. The van der Waals surface area contributed by atoms with Crippen LogP contribution in [-0.4, -0.2) is 62.9 Å². The van der Waals surface area contributed by atoms with Crippen LogP contribution in [0.25, 0.3) is 6.08 Å². The molecule has 0 bridgehead atoms. The van der Waals surface area contributed by atoms with Gasteiger partial charge in [-0.2, -0.15) is 0 Å². The molecule has 0 fully saturated rings. The largest absolute Gasteiger partial charge is 0.464 e. The fourth-order valence-electron chi connectivity index (χ4n) is 3.08. The zero-order valence-corrected chi connectivity index (χ0v) is 15.7. The molecule has 2 aromatic rings. The Labute approximate surface area is 166 Å². The maximum atomic E-state index is 12.3. The summed E-state index contributed by atoms with van der Waals surface area (Å²) in [6, 6.07) is 9.07. The van der Waals surface area contributed by atoms with Crippen LogP contribution in [0.2, 0.25) is 0 Å². The lowest BCUT2D eigenvalue weighted by Gasteiger charge is -2.34. The van der Waals surface area contributed by atoms with Crippen molar-refractivity contribution in [1.82, 2.24) is 10.2 Å². The number of aliphatic hydroxyl groups excluding tert-OH is 3. The number of rotatable bonds is 5. The number of hydrogen-bond donors (Lipinski definition) is 3. The van der Waals surface area contributed by atoms with Crippen molar-refractivity contribution < 1.29 is 34.4 Å². The highest BCUT2D eigenvalue weighted by Crippen LogP contribution is 2.34. The van der Waals surface area contributed by atoms with Gasteiger partial charge in [-0.3, -0.25) is 0 Å². The van der Waals surface area contributed by atoms with Gasteiger partial charge in [-0.05, 0) is 18.1 Å². The van der Waals surface area contributed by atoms with Gasteiger partial charge in [-0.25, -0.2) is 9.59 Å². The summed E-state index contributed by atoms with van der Waals surface area (Å²) in [4.78, 5) is 24.1. The standard InChI is InChI=1S/C20H20N2O7/c1-10-13-15(22-21-14(10)19(26)28-2)20(27)29-18(17(13)25)16(24)12(23)9-8-11-6-4-3-5-7-11/h3-9,12,16-18,23-25H,1-2H3. The lowest BCUT2D eigenvalue weighted by atomic mass is 9.90. The Morgan fingerprint density at radius 2 is 1.93 bits per heavy atom. The first-order valence-corrected chi connectivity index (χ1v) is 8.79. The van der Waals surface area contributed by atoms with E-state index in [-0.39, 0.29) is 22.5 Å². The van der Waals surface area contributed by atoms with Crippen LogP contribution in [-0.2, 0) is 9.47 Å². The zero-order chi connectivity index (χ0) is 21.1. The van der Waals surface area contributed by atoms with Crippen LogP contribution in [0.15, 0.2) is 36.4 Å². The third-order valence-electron chi connectivity index (χ3n) is 4.66. The number of esters is 2. The number of hydrogen-bond acceptors (Lipinski definition) is 9. The van der Waals surface area contributed by atoms with E-state index in [1.165, 1.54) is 13.0 Å². The molecule has 4 atom stereocenters. The third-order valence-corrected chi connectivity index (χ3v) is 4.66. The number of ether oxygens (including phenoxy) is 2. The van der Waals surface area contributed by atoms with Gasteiger partial charge in [0, 0.05) is 5.56 Å². The van der Waals surface area contributed by atoms with E-state index < -0.39 is 36.4 Å². The first kappa shape index (κ1) is 20.6. The van der Waals surface area contributed by atoms with E-state index in [1.807, 2.05) is 18.2 Å². The highest BCUT2D eigenvalue weighted by Gasteiger charge is 2.43. The summed E-state index contributed by atoms with van der Waals surface area (Å²) in [6.07, 6.45) is -3.15. The number of benzene rings is 1. The van der Waals surface area contributed by atoms with Gasteiger partial charge in [-0.15, -0.1) is 10.2 Å². The molecule has 0 spiro atoms. The van der Waals surface area contributed by atoms with E-state index in [2.05, 4.69) is 14.9 Å². The van der Waals surface area contributed by atoms with Gasteiger partial charge in [0.25, 0.3) is 0 Å². The van der Waals surface area contributed by atoms with E-state index in [4.69, 9.17) is 4.74 Å². The zero-order valence-electron chi connectivity index (χ0n) is 15.7. The first-order valence-electron chi connectivity index (χ1n) is 8.79. The molecule has 2 heterocycles. The van der Waals surface area contributed by atoms with Crippen molar-refractivity contribution in [3.63, 3.8) is 0 Å². The van der Waals surface area contributed by atoms with Crippen LogP contribution in [0, 0.1) is 6.92 Å². The number of cyclic esters (lactones) is 1. The summed E-state index contributed by atoms with van der Waals surface area (Å²) in [6.45, 7) is 1.47. The highest BCUT2D eigenvalue weighted by atomic mass is 16.6. The Kier molecular flexibility index (Phi) is 6.02. The molecule has 1 aromatic heterocycles. The van der Waals surface area contributed by atoms with Crippen LogP contribution in [0.5, 0.6) is 0 Å². The van der Waals surface area contributed by atoms with Gasteiger partial charge >= 0.3 is 11.9 Å². The molecule has 1 aliphatic heterocycles. The first-order chi connectivity index (χ1) is 13.8. The van der Waals surface area contributed by atoms with Gasteiger partial charge in [-0.1, -0.05) is 42.5 Å². The lowest BCUT2D eigenvalue weighted by molar-refractivity contribution is -0.109. The molecule has 0 radical (unpaired) electrons. The van der Waals surface area contributed by atoms with Crippen molar-refractivity contribution in [2.24, 2.45) is 0 Å². The molecular formula is C20H20N2O7. The number of methoxy groups -OCH3 is 1. The minimum Gasteiger partial charge on any atom is -0.464 e. The SMILES string of the molecule is COC(=O)c1nnc2c(c1C)C(O)C(C(O)C(O)C=Cc1ccccc1)OC2=O. The molecule has 9 heteroatoms. The molecule has 29 heavy (non-hydrogen) atoms. The van der Waals surface area contributed by atoms with E-state index in [0.29, 0.717) is 0 Å². The molecule has 0 saturated carbocycles. The molecule has 152 valence electrons. The molecular weight excluding hydrogens is 380 g/mol. The fourth-order valence-corrected chi connectivity index (χ4v) is 3.08. The lowest BCUT2D eigenvalue weighted by Crippen LogP contribution is -2.46. The molecule has 0 amide bonds. The van der Waals surface area contributed by atoms with Gasteiger partial charge in [0.15, 0.2) is 17.5 Å². The summed E-state index contributed by atoms with van der Waals surface area (Å²) < 4.78 is 9.71. The third kappa shape index (κ3) is 4.02. The molecule has 1 aliphatic rings. The topological polar surface area (TPSA) is 139 Å². The maximum absolute atomic E-state index is 12.3. The van der Waals surface area contributed by atoms with Gasteiger partial charge < -0.3 is 24.8 Å². The van der Waals surface area contributed by atoms with Gasteiger partial charge in [0.1, 0.15) is 18.3 Å². The average Bonchev–Trinajstić information content (AvgIpc) is 2.74. The summed E-state index contributed by atoms with van der Waals surface area (Å²) in [7, 11) is 1.16. The molecule has 0 aliphatic carbocycles. The Hall–Kier alpha value is -3.14. The quantitative estimate of drug-likeness (QED) is 0.615. The van der Waals surface area contributed by atoms with Crippen LogP contribution in [0.4, 0.5) is 0 Å². The maximum Gasteiger partial charge on any atom is 0.359 e. The minimum absolute atomic E-state index is 0.0000565. The second-order valence-corrected chi connectivity index (χ2v) is 6.49. The van der Waals surface area contributed by atoms with E-state index in [0.717, 1.165) is 12.7 Å².